The largest absolute Gasteiger partial charge is 0.352 e. The lowest BCUT2D eigenvalue weighted by Gasteiger charge is -2.31. The summed E-state index contributed by atoms with van der Waals surface area (Å²) in [5.41, 5.74) is 0.268. The van der Waals surface area contributed by atoms with Gasteiger partial charge >= 0.3 is 0 Å². The van der Waals surface area contributed by atoms with Crippen molar-refractivity contribution in [2.45, 2.75) is 25.7 Å². The summed E-state index contributed by atoms with van der Waals surface area (Å²) in [6.45, 7) is 1.14. The van der Waals surface area contributed by atoms with Crippen molar-refractivity contribution in [2.24, 2.45) is 5.92 Å². The van der Waals surface area contributed by atoms with Crippen molar-refractivity contribution in [3.05, 3.63) is 69.2 Å². The molecule has 1 saturated heterocycles. The van der Waals surface area contributed by atoms with E-state index < -0.39 is 17.5 Å². The van der Waals surface area contributed by atoms with Gasteiger partial charge in [-0.3, -0.25) is 14.4 Å². The molecule has 3 rings (SSSR count). The first-order valence-corrected chi connectivity index (χ1v) is 11.0. The number of nitrogens with one attached hydrogen (secondary N) is 1. The summed E-state index contributed by atoms with van der Waals surface area (Å²) < 4.78 is 26.5. The standard InChI is InChI=1S/C23H22Cl2F2N2O3/c24-18-6-3-15(12-19(18)25)22(31)14-7-10-29(11-8-14)21(30)2-1-9-28-23(32)17-5-4-16(26)13-20(17)27/h3-6,12-14H,1-2,7-11H2,(H,28,32). The molecule has 0 bridgehead atoms. The second-order valence-electron chi connectivity index (χ2n) is 7.63. The van der Waals surface area contributed by atoms with E-state index in [1.165, 1.54) is 0 Å². The Hall–Kier alpha value is -2.51. The monoisotopic (exact) mass is 482 g/mol. The smallest absolute Gasteiger partial charge is 0.254 e. The van der Waals surface area contributed by atoms with E-state index in [1.54, 1.807) is 23.1 Å². The molecule has 5 nitrogen and oxygen atoms in total. The Morgan fingerprint density at radius 2 is 1.72 bits per heavy atom. The van der Waals surface area contributed by atoms with E-state index in [9.17, 15) is 23.2 Å². The van der Waals surface area contributed by atoms with Gasteiger partial charge in [0.15, 0.2) is 5.78 Å². The van der Waals surface area contributed by atoms with Crippen LogP contribution in [-0.4, -0.2) is 42.1 Å². The van der Waals surface area contributed by atoms with Gasteiger partial charge in [0.25, 0.3) is 5.91 Å². The lowest BCUT2D eigenvalue weighted by molar-refractivity contribution is -0.132. The summed E-state index contributed by atoms with van der Waals surface area (Å²) in [6.07, 6.45) is 1.73. The normalized spacial score (nSPS) is 14.3. The molecule has 170 valence electrons. The van der Waals surface area contributed by atoms with E-state index in [0.29, 0.717) is 54.0 Å². The number of nitrogens with zero attached hydrogens (tertiary/aromatic N) is 1. The molecule has 2 amide bonds. The minimum Gasteiger partial charge on any atom is -0.352 e. The molecule has 1 aliphatic rings. The molecule has 0 unspecified atom stereocenters. The van der Waals surface area contributed by atoms with Crippen molar-refractivity contribution in [3.8, 4) is 0 Å². The molecule has 0 aliphatic carbocycles. The molecule has 32 heavy (non-hydrogen) atoms. The van der Waals surface area contributed by atoms with Gasteiger partial charge in [0.2, 0.25) is 5.91 Å². The zero-order valence-corrected chi connectivity index (χ0v) is 18.7. The number of amides is 2. The summed E-state index contributed by atoms with van der Waals surface area (Å²) in [5.74, 6) is -2.60. The van der Waals surface area contributed by atoms with Crippen molar-refractivity contribution in [1.29, 1.82) is 0 Å². The van der Waals surface area contributed by atoms with Gasteiger partial charge in [0.05, 0.1) is 15.6 Å². The van der Waals surface area contributed by atoms with Crippen LogP contribution in [0.25, 0.3) is 0 Å². The van der Waals surface area contributed by atoms with E-state index in [2.05, 4.69) is 5.32 Å². The molecule has 1 heterocycles. The predicted molar refractivity (Wildman–Crippen MR) is 118 cm³/mol. The van der Waals surface area contributed by atoms with Crippen molar-refractivity contribution >= 4 is 40.8 Å². The first-order chi connectivity index (χ1) is 15.3. The summed E-state index contributed by atoms with van der Waals surface area (Å²) in [5, 5.41) is 3.25. The highest BCUT2D eigenvalue weighted by molar-refractivity contribution is 6.42. The molecular formula is C23H22Cl2F2N2O3. The molecule has 2 aromatic carbocycles. The van der Waals surface area contributed by atoms with Crippen LogP contribution in [0.5, 0.6) is 0 Å². The number of rotatable bonds is 7. The Labute approximate surface area is 194 Å². The van der Waals surface area contributed by atoms with Crippen LogP contribution in [0.2, 0.25) is 10.0 Å². The van der Waals surface area contributed by atoms with Crippen LogP contribution < -0.4 is 5.32 Å². The molecule has 0 spiro atoms. The number of likely N-dealkylation sites (tertiary alicyclic amines) is 1. The molecule has 1 aliphatic heterocycles. The number of carbonyl (C=O) groups excluding carboxylic acids is 3. The lowest BCUT2D eigenvalue weighted by atomic mass is 9.89. The maximum Gasteiger partial charge on any atom is 0.254 e. The highest BCUT2D eigenvalue weighted by Gasteiger charge is 2.28. The Morgan fingerprint density at radius 1 is 1.00 bits per heavy atom. The zero-order chi connectivity index (χ0) is 23.3. The minimum atomic E-state index is -0.933. The molecule has 9 heteroatoms. The number of piperidine rings is 1. The first kappa shape index (κ1) is 24.1. The third kappa shape index (κ3) is 6.04. The fraction of sp³-hybridized carbons (Fsp3) is 0.348. The summed E-state index contributed by atoms with van der Waals surface area (Å²) >= 11 is 11.9. The van der Waals surface area contributed by atoms with Gasteiger partial charge in [0, 0.05) is 43.6 Å². The molecule has 0 saturated carbocycles. The van der Waals surface area contributed by atoms with Gasteiger partial charge in [-0.05, 0) is 49.6 Å². The van der Waals surface area contributed by atoms with Crippen LogP contribution >= 0.6 is 23.2 Å². The van der Waals surface area contributed by atoms with Gasteiger partial charge in [0.1, 0.15) is 11.6 Å². The molecule has 1 fully saturated rings. The van der Waals surface area contributed by atoms with Crippen LogP contribution in [0.15, 0.2) is 36.4 Å². The topological polar surface area (TPSA) is 66.5 Å². The van der Waals surface area contributed by atoms with Gasteiger partial charge in [-0.1, -0.05) is 23.2 Å². The van der Waals surface area contributed by atoms with Crippen molar-refractivity contribution in [3.63, 3.8) is 0 Å². The highest BCUT2D eigenvalue weighted by atomic mass is 35.5. The van der Waals surface area contributed by atoms with E-state index >= 15 is 0 Å². The van der Waals surface area contributed by atoms with E-state index in [4.69, 9.17) is 23.2 Å². The first-order valence-electron chi connectivity index (χ1n) is 10.3. The van der Waals surface area contributed by atoms with E-state index in [-0.39, 0.29) is 36.1 Å². The Bertz CT molecular complexity index is 1020. The van der Waals surface area contributed by atoms with Crippen molar-refractivity contribution in [1.82, 2.24) is 10.2 Å². The SMILES string of the molecule is O=C(NCCCC(=O)N1CCC(C(=O)c2ccc(Cl)c(Cl)c2)CC1)c1ccc(F)cc1F. The molecule has 0 radical (unpaired) electrons. The number of benzene rings is 2. The minimum absolute atomic E-state index is 0.00796. The fourth-order valence-corrected chi connectivity index (χ4v) is 3.94. The molecular weight excluding hydrogens is 461 g/mol. The van der Waals surface area contributed by atoms with E-state index in [1.807, 2.05) is 0 Å². The number of hydrogen-bond acceptors (Lipinski definition) is 3. The lowest BCUT2D eigenvalue weighted by Crippen LogP contribution is -2.40. The molecule has 0 atom stereocenters. The number of carbonyl (C=O) groups is 3. The summed E-state index contributed by atoms with van der Waals surface area (Å²) in [6, 6.07) is 7.55. The van der Waals surface area contributed by atoms with Crippen LogP contribution in [-0.2, 0) is 4.79 Å². The highest BCUT2D eigenvalue weighted by Crippen LogP contribution is 2.27. The maximum atomic E-state index is 13.6. The van der Waals surface area contributed by atoms with Gasteiger partial charge in [-0.2, -0.15) is 0 Å². The van der Waals surface area contributed by atoms with Crippen LogP contribution in [0.1, 0.15) is 46.4 Å². The Kier molecular flexibility index (Phi) is 8.21. The van der Waals surface area contributed by atoms with Crippen LogP contribution in [0, 0.1) is 17.6 Å². The molecule has 2 aromatic rings. The summed E-state index contributed by atoms with van der Waals surface area (Å²) in [4.78, 5) is 38.8. The van der Waals surface area contributed by atoms with Gasteiger partial charge < -0.3 is 10.2 Å². The molecule has 0 aromatic heterocycles. The van der Waals surface area contributed by atoms with E-state index in [0.717, 1.165) is 12.1 Å². The third-order valence-corrected chi connectivity index (χ3v) is 6.19. The van der Waals surface area contributed by atoms with Gasteiger partial charge in [-0.25, -0.2) is 8.78 Å². The average molecular weight is 483 g/mol. The average Bonchev–Trinajstić information content (AvgIpc) is 2.78. The predicted octanol–water partition coefficient (Wildman–Crippen LogP) is 4.90. The molecule has 1 N–H and O–H groups in total. The second-order valence-corrected chi connectivity index (χ2v) is 8.45. The Balaban J connectivity index is 1.40. The number of ketones is 1. The maximum absolute atomic E-state index is 13.6. The third-order valence-electron chi connectivity index (χ3n) is 5.45. The fourth-order valence-electron chi connectivity index (χ4n) is 3.64. The number of Topliss-reactive ketones (excluding diaryl/α,β-unsaturated/α-hetero) is 1. The number of halogens is 4. The van der Waals surface area contributed by atoms with Crippen molar-refractivity contribution in [2.75, 3.05) is 19.6 Å². The van der Waals surface area contributed by atoms with Crippen molar-refractivity contribution < 1.29 is 23.2 Å². The number of hydrogen-bond donors (Lipinski definition) is 1. The van der Waals surface area contributed by atoms with Gasteiger partial charge in [-0.15, -0.1) is 0 Å². The second kappa shape index (κ2) is 10.9. The van der Waals surface area contributed by atoms with Crippen LogP contribution in [0.4, 0.5) is 8.78 Å². The quantitative estimate of drug-likeness (QED) is 0.450. The zero-order valence-electron chi connectivity index (χ0n) is 17.2. The summed E-state index contributed by atoms with van der Waals surface area (Å²) in [7, 11) is 0. The van der Waals surface area contributed by atoms with Crippen LogP contribution in [0.3, 0.4) is 0 Å². The Morgan fingerprint density at radius 3 is 2.38 bits per heavy atom.